The summed E-state index contributed by atoms with van der Waals surface area (Å²) < 4.78 is 0.782. The van der Waals surface area contributed by atoms with Crippen LogP contribution < -0.4 is 9.38 Å². The Morgan fingerprint density at radius 2 is 1.74 bits per heavy atom. The van der Waals surface area contributed by atoms with Crippen LogP contribution in [0, 0.1) is 6.92 Å². The Morgan fingerprint density at radius 1 is 1.05 bits per heavy atom. The van der Waals surface area contributed by atoms with Crippen molar-refractivity contribution in [3.05, 3.63) is 48.2 Å². The topological polar surface area (TPSA) is 16.1 Å². The van der Waals surface area contributed by atoms with Gasteiger partial charge in [0.05, 0.1) is 14.1 Å². The second kappa shape index (κ2) is 4.07. The lowest BCUT2D eigenvalue weighted by atomic mass is 10.1. The molecule has 1 aliphatic rings. The molecule has 0 saturated heterocycles. The van der Waals surface area contributed by atoms with Crippen molar-refractivity contribution in [3.63, 3.8) is 0 Å². The highest BCUT2D eigenvalue weighted by Crippen LogP contribution is 2.45. The van der Waals surface area contributed by atoms with Crippen LogP contribution in [0.25, 0.3) is 0 Å². The molecule has 1 unspecified atom stereocenters. The minimum absolute atomic E-state index is 0.339. The summed E-state index contributed by atoms with van der Waals surface area (Å²) in [5, 5.41) is 0. The maximum atomic E-state index is 4.60. The van der Waals surface area contributed by atoms with Gasteiger partial charge in [0.1, 0.15) is 5.69 Å². The van der Waals surface area contributed by atoms with Crippen molar-refractivity contribution in [2.75, 3.05) is 19.0 Å². The minimum Gasteiger partial charge on any atom is -0.284 e. The third-order valence-corrected chi connectivity index (χ3v) is 4.25. The zero-order chi connectivity index (χ0) is 13.6. The number of hydrogen-bond acceptors (Lipinski definition) is 2. The molecule has 0 saturated carbocycles. The predicted molar refractivity (Wildman–Crippen MR) is 80.7 cm³/mol. The predicted octanol–water partition coefficient (Wildman–Crippen LogP) is 3.45. The van der Waals surface area contributed by atoms with Crippen LogP contribution in [0.3, 0.4) is 0 Å². The van der Waals surface area contributed by atoms with Gasteiger partial charge in [-0.15, -0.1) is 0 Å². The zero-order valence-corrected chi connectivity index (χ0v) is 12.0. The van der Waals surface area contributed by atoms with Gasteiger partial charge in [-0.25, -0.2) is 4.98 Å². The lowest BCUT2D eigenvalue weighted by molar-refractivity contribution is 0.332. The summed E-state index contributed by atoms with van der Waals surface area (Å²) in [5.74, 6) is 1.14. The number of para-hydroxylation sites is 1. The number of hydrogen-bond donors (Lipinski definition) is 0. The molecule has 1 atom stereocenters. The molecule has 2 aromatic rings. The maximum Gasteiger partial charge on any atom is 0.253 e. The summed E-state index contributed by atoms with van der Waals surface area (Å²) in [4.78, 5) is 7.00. The summed E-state index contributed by atoms with van der Waals surface area (Å²) in [6.45, 7) is 4.42. The van der Waals surface area contributed by atoms with E-state index in [1.807, 2.05) is 12.3 Å². The molecule has 0 N–H and O–H groups in total. The molecule has 0 spiro atoms. The zero-order valence-electron chi connectivity index (χ0n) is 12.0. The van der Waals surface area contributed by atoms with Gasteiger partial charge in [0.15, 0.2) is 6.17 Å². The lowest BCUT2D eigenvalue weighted by Crippen LogP contribution is -2.51. The van der Waals surface area contributed by atoms with Gasteiger partial charge >= 0.3 is 0 Å². The van der Waals surface area contributed by atoms with Crippen molar-refractivity contribution in [2.45, 2.75) is 20.0 Å². The minimum atomic E-state index is 0.339. The molecular weight excluding hydrogens is 234 g/mol. The van der Waals surface area contributed by atoms with Gasteiger partial charge in [-0.2, -0.15) is 0 Å². The van der Waals surface area contributed by atoms with Crippen molar-refractivity contribution in [1.29, 1.82) is 0 Å². The number of anilines is 2. The van der Waals surface area contributed by atoms with Gasteiger partial charge in [0.2, 0.25) is 0 Å². The third kappa shape index (κ3) is 1.65. The molecule has 1 aromatic carbocycles. The molecule has 1 aromatic heterocycles. The van der Waals surface area contributed by atoms with Crippen molar-refractivity contribution in [2.24, 2.45) is 0 Å². The Balaban J connectivity index is 2.21. The van der Waals surface area contributed by atoms with Crippen LogP contribution in [-0.2, 0) is 0 Å². The van der Waals surface area contributed by atoms with Crippen molar-refractivity contribution < 1.29 is 0 Å². The van der Waals surface area contributed by atoms with Gasteiger partial charge in [-0.05, 0) is 30.7 Å². The lowest BCUT2D eigenvalue weighted by Gasteiger charge is -2.32. The smallest absolute Gasteiger partial charge is 0.253 e. The first-order valence-corrected chi connectivity index (χ1v) is 6.67. The number of rotatable bonds is 1. The van der Waals surface area contributed by atoms with Crippen LogP contribution >= 0.6 is 0 Å². The van der Waals surface area contributed by atoms with E-state index in [0.717, 1.165) is 10.3 Å². The molecule has 0 amide bonds. The molecule has 0 fully saturated rings. The van der Waals surface area contributed by atoms with Crippen LogP contribution in [-0.4, -0.2) is 25.2 Å². The molecule has 3 heteroatoms. The number of pyridine rings is 1. The Morgan fingerprint density at radius 3 is 2.47 bits per heavy atom. The fourth-order valence-corrected chi connectivity index (χ4v) is 2.85. The van der Waals surface area contributed by atoms with Gasteiger partial charge in [0.25, 0.3) is 5.82 Å². The highest BCUT2D eigenvalue weighted by atomic mass is 15.5. The second-order valence-electron chi connectivity index (χ2n) is 5.67. The van der Waals surface area contributed by atoms with Crippen LogP contribution in [0.15, 0.2) is 42.6 Å². The summed E-state index contributed by atoms with van der Waals surface area (Å²) in [5.41, 5.74) is 3.79. The highest BCUT2D eigenvalue weighted by molar-refractivity contribution is 5.79. The van der Waals surface area contributed by atoms with Crippen LogP contribution in [0.1, 0.15) is 12.5 Å². The number of aromatic nitrogens is 1. The van der Waals surface area contributed by atoms with Crippen molar-refractivity contribution in [3.8, 4) is 0 Å². The highest BCUT2D eigenvalue weighted by Gasteiger charge is 2.45. The molecule has 98 valence electrons. The average molecular weight is 254 g/mol. The monoisotopic (exact) mass is 254 g/mol. The van der Waals surface area contributed by atoms with E-state index in [1.54, 1.807) is 0 Å². The number of benzene rings is 1. The summed E-state index contributed by atoms with van der Waals surface area (Å²) >= 11 is 0. The molecule has 0 radical (unpaired) electrons. The summed E-state index contributed by atoms with van der Waals surface area (Å²) in [7, 11) is 4.43. The number of aryl methyl sites for hydroxylation is 1. The third-order valence-electron chi connectivity index (χ3n) is 4.25. The van der Waals surface area contributed by atoms with E-state index >= 15 is 0 Å². The van der Waals surface area contributed by atoms with E-state index in [-0.39, 0.29) is 0 Å². The fourth-order valence-electron chi connectivity index (χ4n) is 2.85. The first-order chi connectivity index (χ1) is 9.03. The molecule has 3 nitrogen and oxygen atoms in total. The van der Waals surface area contributed by atoms with Crippen LogP contribution in [0.2, 0.25) is 0 Å². The SMILES string of the molecule is Cc1ccccc1N1c2cccnc2[N+](C)(C)C1C. The van der Waals surface area contributed by atoms with Crippen molar-refractivity contribution in [1.82, 2.24) is 9.47 Å². The number of nitrogens with zero attached hydrogens (tertiary/aromatic N) is 3. The quantitative estimate of drug-likeness (QED) is 0.725. The fraction of sp³-hybridized carbons (Fsp3) is 0.312. The first-order valence-electron chi connectivity index (χ1n) is 6.67. The Bertz CT molecular complexity index is 619. The van der Waals surface area contributed by atoms with E-state index in [2.05, 4.69) is 68.2 Å². The Kier molecular flexibility index (Phi) is 2.61. The summed E-state index contributed by atoms with van der Waals surface area (Å²) in [6, 6.07) is 12.7. The standard InChI is InChI=1S/C16H20N3/c1-12-8-5-6-9-14(12)18-13(2)19(3,4)16-15(18)10-7-11-17-16/h5-11,13H,1-4H3/q+1. The maximum absolute atomic E-state index is 4.60. The molecule has 19 heavy (non-hydrogen) atoms. The molecule has 3 rings (SSSR count). The number of quaternary nitrogens is 1. The van der Waals surface area contributed by atoms with Crippen LogP contribution in [0.4, 0.5) is 17.2 Å². The van der Waals surface area contributed by atoms with Crippen LogP contribution in [0.5, 0.6) is 0 Å². The van der Waals surface area contributed by atoms with Gasteiger partial charge in [-0.3, -0.25) is 9.38 Å². The average Bonchev–Trinajstić information content (AvgIpc) is 2.60. The van der Waals surface area contributed by atoms with Gasteiger partial charge in [-0.1, -0.05) is 18.2 Å². The molecular formula is C16H20N3+. The summed E-state index contributed by atoms with van der Waals surface area (Å²) in [6.07, 6.45) is 2.22. The van der Waals surface area contributed by atoms with E-state index in [1.165, 1.54) is 16.9 Å². The van der Waals surface area contributed by atoms with Gasteiger partial charge < -0.3 is 0 Å². The largest absolute Gasteiger partial charge is 0.284 e. The Labute approximate surface area is 114 Å². The van der Waals surface area contributed by atoms with Crippen molar-refractivity contribution >= 4 is 17.2 Å². The normalized spacial score (nSPS) is 20.4. The van der Waals surface area contributed by atoms with E-state index in [9.17, 15) is 0 Å². The molecule has 2 heterocycles. The van der Waals surface area contributed by atoms with E-state index < -0.39 is 0 Å². The first kappa shape index (κ1) is 12.2. The van der Waals surface area contributed by atoms with E-state index in [4.69, 9.17) is 0 Å². The molecule has 1 aliphatic heterocycles. The molecule has 0 aliphatic carbocycles. The Hall–Kier alpha value is -1.87. The molecule has 0 bridgehead atoms. The number of fused-ring (bicyclic) bond motifs is 1. The van der Waals surface area contributed by atoms with E-state index in [0.29, 0.717) is 6.17 Å². The second-order valence-corrected chi connectivity index (χ2v) is 5.67. The van der Waals surface area contributed by atoms with Gasteiger partial charge in [0, 0.05) is 18.8 Å².